The summed E-state index contributed by atoms with van der Waals surface area (Å²) in [5, 5.41) is 11.3. The number of rotatable bonds is 3. The van der Waals surface area contributed by atoms with Gasteiger partial charge in [-0.2, -0.15) is 0 Å². The minimum atomic E-state index is -0.911. The summed E-state index contributed by atoms with van der Waals surface area (Å²) in [6, 6.07) is 1.29. The second kappa shape index (κ2) is 6.22. The van der Waals surface area contributed by atoms with E-state index in [4.69, 9.17) is 0 Å². The molecule has 1 aromatic heterocycles. The normalized spacial score (nSPS) is 23.2. The van der Waals surface area contributed by atoms with Crippen LogP contribution in [0.5, 0.6) is 0 Å². The Kier molecular flexibility index (Phi) is 4.60. The molecule has 0 aromatic carbocycles. The monoisotopic (exact) mass is 293 g/mol. The Morgan fingerprint density at radius 1 is 1.50 bits per heavy atom. The number of carboxylic acid groups (broad SMARTS) is 1. The molecule has 108 valence electrons. The lowest BCUT2D eigenvalue weighted by Gasteiger charge is -2.36. The summed E-state index contributed by atoms with van der Waals surface area (Å²) in [5.74, 6) is -1.12. The van der Waals surface area contributed by atoms with E-state index in [1.807, 2.05) is 25.3 Å². The third-order valence-electron chi connectivity index (χ3n) is 3.75. The van der Waals surface area contributed by atoms with Crippen LogP contribution in [-0.2, 0) is 9.59 Å². The van der Waals surface area contributed by atoms with Crippen molar-refractivity contribution in [2.24, 2.45) is 5.92 Å². The summed E-state index contributed by atoms with van der Waals surface area (Å²) < 4.78 is 0. The molecule has 1 N–H and O–H groups in total. The van der Waals surface area contributed by atoms with Crippen LogP contribution in [0.4, 0.5) is 0 Å². The average molecular weight is 293 g/mol. The minimum Gasteiger partial charge on any atom is -0.480 e. The van der Waals surface area contributed by atoms with Gasteiger partial charge in [0.05, 0.1) is 0 Å². The largest absolute Gasteiger partial charge is 0.480 e. The smallest absolute Gasteiger partial charge is 0.326 e. The third-order valence-corrected chi connectivity index (χ3v) is 4.73. The summed E-state index contributed by atoms with van der Waals surface area (Å²) in [4.78, 5) is 26.1. The molecule has 1 saturated heterocycles. The highest BCUT2D eigenvalue weighted by atomic mass is 32.1. The minimum absolute atomic E-state index is 0.00192. The van der Waals surface area contributed by atoms with Crippen LogP contribution in [-0.4, -0.2) is 34.5 Å². The molecule has 1 aromatic rings. The lowest BCUT2D eigenvalue weighted by Crippen LogP contribution is -2.51. The third kappa shape index (κ3) is 3.10. The number of carboxylic acids is 1. The van der Waals surface area contributed by atoms with Crippen molar-refractivity contribution in [2.75, 3.05) is 6.54 Å². The van der Waals surface area contributed by atoms with Gasteiger partial charge in [0.2, 0.25) is 5.91 Å². The van der Waals surface area contributed by atoms with Gasteiger partial charge in [0.1, 0.15) is 6.04 Å². The number of amides is 1. The van der Waals surface area contributed by atoms with Gasteiger partial charge in [0.15, 0.2) is 0 Å². The number of carbonyl (C=O) groups excluding carboxylic acids is 1. The molecule has 4 nitrogen and oxygen atoms in total. The zero-order chi connectivity index (χ0) is 14.7. The van der Waals surface area contributed by atoms with Gasteiger partial charge in [-0.25, -0.2) is 4.79 Å². The molecule has 1 fully saturated rings. The van der Waals surface area contributed by atoms with Gasteiger partial charge in [0.25, 0.3) is 0 Å². The number of thiophene rings is 1. The molecule has 20 heavy (non-hydrogen) atoms. The maximum absolute atomic E-state index is 12.2. The maximum Gasteiger partial charge on any atom is 0.326 e. The zero-order valence-electron chi connectivity index (χ0n) is 11.7. The lowest BCUT2D eigenvalue weighted by molar-refractivity contribution is -0.152. The Labute approximate surface area is 122 Å². The molecule has 0 radical (unpaired) electrons. The molecular formula is C15H19NO3S. The molecule has 0 aliphatic carbocycles. The van der Waals surface area contributed by atoms with Crippen molar-refractivity contribution in [3.8, 4) is 0 Å². The van der Waals surface area contributed by atoms with E-state index in [2.05, 4.69) is 0 Å². The average Bonchev–Trinajstić information content (AvgIpc) is 2.80. The van der Waals surface area contributed by atoms with Crippen LogP contribution in [0.3, 0.4) is 0 Å². The quantitative estimate of drug-likeness (QED) is 0.872. The Hall–Kier alpha value is -1.62. The van der Waals surface area contributed by atoms with E-state index in [9.17, 15) is 14.7 Å². The van der Waals surface area contributed by atoms with E-state index < -0.39 is 12.0 Å². The predicted octanol–water partition coefficient (Wildman–Crippen LogP) is 2.78. The second-order valence-corrected chi connectivity index (χ2v) is 6.18. The molecule has 2 rings (SSSR count). The van der Waals surface area contributed by atoms with Crippen LogP contribution in [0.25, 0.3) is 6.08 Å². The maximum atomic E-state index is 12.2. The molecule has 0 bridgehead atoms. The fourth-order valence-corrected chi connectivity index (χ4v) is 3.43. The van der Waals surface area contributed by atoms with Gasteiger partial charge >= 0.3 is 5.97 Å². The summed E-state index contributed by atoms with van der Waals surface area (Å²) >= 11 is 1.57. The van der Waals surface area contributed by atoms with E-state index in [-0.39, 0.29) is 11.8 Å². The van der Waals surface area contributed by atoms with Gasteiger partial charge in [-0.3, -0.25) is 4.79 Å². The number of aliphatic carboxylic acids is 1. The van der Waals surface area contributed by atoms with Crippen molar-refractivity contribution in [1.29, 1.82) is 0 Å². The Morgan fingerprint density at radius 2 is 2.25 bits per heavy atom. The first-order valence-electron chi connectivity index (χ1n) is 6.76. The summed E-state index contributed by atoms with van der Waals surface area (Å²) in [6.07, 6.45) is 4.99. The van der Waals surface area contributed by atoms with Gasteiger partial charge in [-0.1, -0.05) is 6.92 Å². The Morgan fingerprint density at radius 3 is 2.85 bits per heavy atom. The fraction of sp³-hybridized carbons (Fsp3) is 0.467. The van der Waals surface area contributed by atoms with Crippen LogP contribution >= 0.6 is 11.3 Å². The first kappa shape index (κ1) is 14.8. The van der Waals surface area contributed by atoms with Crippen LogP contribution < -0.4 is 0 Å². The van der Waals surface area contributed by atoms with Crippen molar-refractivity contribution in [2.45, 2.75) is 32.7 Å². The highest BCUT2D eigenvalue weighted by Crippen LogP contribution is 2.24. The number of carbonyl (C=O) groups is 2. The molecule has 1 aliphatic rings. The molecule has 0 saturated carbocycles. The highest BCUT2D eigenvalue weighted by molar-refractivity contribution is 7.11. The van der Waals surface area contributed by atoms with E-state index in [0.717, 1.165) is 23.3 Å². The van der Waals surface area contributed by atoms with Crippen LogP contribution in [0, 0.1) is 12.8 Å². The van der Waals surface area contributed by atoms with Gasteiger partial charge in [0, 0.05) is 17.5 Å². The first-order chi connectivity index (χ1) is 9.50. The van der Waals surface area contributed by atoms with Gasteiger partial charge < -0.3 is 10.0 Å². The molecule has 5 heteroatoms. The number of hydrogen-bond donors (Lipinski definition) is 1. The Bertz CT molecular complexity index is 535. The van der Waals surface area contributed by atoms with Crippen LogP contribution in [0.1, 0.15) is 30.2 Å². The molecule has 1 aliphatic heterocycles. The number of aryl methyl sites for hydroxylation is 1. The van der Waals surface area contributed by atoms with Crippen molar-refractivity contribution in [1.82, 2.24) is 4.90 Å². The highest BCUT2D eigenvalue weighted by Gasteiger charge is 2.36. The number of nitrogens with zero attached hydrogens (tertiary/aromatic N) is 1. The predicted molar refractivity (Wildman–Crippen MR) is 79.6 cm³/mol. The molecule has 0 spiro atoms. The molecule has 2 atom stereocenters. The molecule has 2 heterocycles. The molecule has 1 amide bonds. The topological polar surface area (TPSA) is 57.6 Å². The molecular weight excluding hydrogens is 274 g/mol. The number of hydrogen-bond acceptors (Lipinski definition) is 3. The summed E-state index contributed by atoms with van der Waals surface area (Å²) in [6.45, 7) is 4.41. The van der Waals surface area contributed by atoms with Gasteiger partial charge in [-0.05, 0) is 48.8 Å². The van der Waals surface area contributed by atoms with Crippen LogP contribution in [0.2, 0.25) is 0 Å². The number of likely N-dealkylation sites (tertiary alicyclic amines) is 1. The van der Waals surface area contributed by atoms with E-state index >= 15 is 0 Å². The van der Waals surface area contributed by atoms with E-state index in [1.165, 1.54) is 11.0 Å². The van der Waals surface area contributed by atoms with Gasteiger partial charge in [-0.15, -0.1) is 11.3 Å². The van der Waals surface area contributed by atoms with E-state index in [0.29, 0.717) is 6.54 Å². The SMILES string of the molecule is Cc1ccsc1/C=C/C(=O)N1CCCC(C)C1C(=O)O. The van der Waals surface area contributed by atoms with Crippen LogP contribution in [0.15, 0.2) is 17.5 Å². The number of piperidine rings is 1. The second-order valence-electron chi connectivity index (χ2n) is 5.24. The zero-order valence-corrected chi connectivity index (χ0v) is 12.5. The lowest BCUT2D eigenvalue weighted by atomic mass is 9.90. The standard InChI is InChI=1S/C15H19NO3S/c1-10-7-9-20-12(10)5-6-13(17)16-8-3-4-11(2)14(16)15(18)19/h5-7,9,11,14H,3-4,8H2,1-2H3,(H,18,19)/b6-5+. The summed E-state index contributed by atoms with van der Waals surface area (Å²) in [7, 11) is 0. The van der Waals surface area contributed by atoms with E-state index in [1.54, 1.807) is 17.4 Å². The first-order valence-corrected chi connectivity index (χ1v) is 7.64. The van der Waals surface area contributed by atoms with Crippen molar-refractivity contribution >= 4 is 29.3 Å². The van der Waals surface area contributed by atoms with Crippen molar-refractivity contribution in [3.63, 3.8) is 0 Å². The Balaban J connectivity index is 2.13. The van der Waals surface area contributed by atoms with Crippen molar-refractivity contribution < 1.29 is 14.7 Å². The molecule has 2 unspecified atom stereocenters. The summed E-state index contributed by atoms with van der Waals surface area (Å²) in [5.41, 5.74) is 1.13. The van der Waals surface area contributed by atoms with Crippen molar-refractivity contribution in [3.05, 3.63) is 28.0 Å². The fourth-order valence-electron chi connectivity index (χ4n) is 2.61.